The zero-order valence-corrected chi connectivity index (χ0v) is 10.8. The lowest BCUT2D eigenvalue weighted by Gasteiger charge is -2.01. The molecule has 3 aromatic rings. The maximum atomic E-state index is 5.94. The van der Waals surface area contributed by atoms with Gasteiger partial charge in [0.1, 0.15) is 0 Å². The highest BCUT2D eigenvalue weighted by Gasteiger charge is 2.06. The molecule has 7 heteroatoms. The molecule has 1 aromatic carbocycles. The summed E-state index contributed by atoms with van der Waals surface area (Å²) in [6.07, 6.45) is 2.04. The summed E-state index contributed by atoms with van der Waals surface area (Å²) in [6.45, 7) is 0.683. The predicted octanol–water partition coefficient (Wildman–Crippen LogP) is 2.98. The van der Waals surface area contributed by atoms with Gasteiger partial charge in [-0.3, -0.25) is 0 Å². The molecule has 0 aliphatic heterocycles. The highest BCUT2D eigenvalue weighted by molar-refractivity contribution is 7.71. The lowest BCUT2D eigenvalue weighted by Crippen LogP contribution is -2.01. The van der Waals surface area contributed by atoms with Gasteiger partial charge in [-0.1, -0.05) is 16.8 Å². The molecule has 0 aliphatic rings. The second-order valence-electron chi connectivity index (χ2n) is 3.83. The van der Waals surface area contributed by atoms with Gasteiger partial charge in [0.25, 0.3) is 0 Å². The topological polar surface area (TPSA) is 59.6 Å². The molecule has 0 bridgehead atoms. The van der Waals surface area contributed by atoms with Crippen LogP contribution in [-0.2, 0) is 13.0 Å². The van der Waals surface area contributed by atoms with Crippen molar-refractivity contribution >= 4 is 34.9 Å². The maximum absolute atomic E-state index is 5.94. The van der Waals surface area contributed by atoms with Gasteiger partial charge in [-0.25, -0.2) is 0 Å². The molecule has 5 nitrogen and oxygen atoms in total. The van der Waals surface area contributed by atoms with E-state index in [0.29, 0.717) is 28.7 Å². The minimum absolute atomic E-state index is 0.597. The Bertz CT molecular complexity index is 731. The Hall–Kier alpha value is -1.66. The molecule has 2 heterocycles. The van der Waals surface area contributed by atoms with Crippen molar-refractivity contribution in [1.29, 1.82) is 0 Å². The molecule has 0 unspecified atom stereocenters. The summed E-state index contributed by atoms with van der Waals surface area (Å²) in [7, 11) is 0. The van der Waals surface area contributed by atoms with Crippen LogP contribution in [0.3, 0.4) is 0 Å². The van der Waals surface area contributed by atoms with Crippen molar-refractivity contribution in [3.63, 3.8) is 0 Å². The van der Waals surface area contributed by atoms with Crippen molar-refractivity contribution in [2.75, 3.05) is 0 Å². The van der Waals surface area contributed by atoms with Crippen LogP contribution in [0, 0.1) is 4.77 Å². The summed E-state index contributed by atoms with van der Waals surface area (Å²) in [5.41, 5.74) is 1.95. The van der Waals surface area contributed by atoms with Gasteiger partial charge in [0.05, 0.1) is 11.0 Å². The first-order chi connectivity index (χ1) is 8.74. The number of nitrogens with zero attached hydrogens (tertiary/aromatic N) is 3. The predicted molar refractivity (Wildman–Crippen MR) is 70.1 cm³/mol. The minimum atomic E-state index is 0.597. The molecule has 0 spiro atoms. The Labute approximate surface area is 112 Å². The van der Waals surface area contributed by atoms with Crippen LogP contribution in [0.25, 0.3) is 11.0 Å². The highest BCUT2D eigenvalue weighted by Crippen LogP contribution is 2.19. The number of aromatic nitrogens is 4. The number of aryl methyl sites for hydroxylation is 2. The van der Waals surface area contributed by atoms with E-state index in [9.17, 15) is 0 Å². The molecule has 0 saturated carbocycles. The normalized spacial score (nSPS) is 11.2. The van der Waals surface area contributed by atoms with Gasteiger partial charge in [-0.15, -0.1) is 0 Å². The maximum Gasteiger partial charge on any atom is 0.228 e. The Kier molecular flexibility index (Phi) is 2.89. The molecule has 0 aliphatic carbocycles. The second kappa shape index (κ2) is 4.55. The molecule has 1 N–H and O–H groups in total. The SMILES string of the molecule is S=c1[nH]c2cc(Cl)ccc2n1CCc1ncno1. The Morgan fingerprint density at radius 3 is 3.11 bits per heavy atom. The first kappa shape index (κ1) is 11.4. The lowest BCUT2D eigenvalue weighted by molar-refractivity contribution is 0.371. The van der Waals surface area contributed by atoms with E-state index in [-0.39, 0.29) is 0 Å². The summed E-state index contributed by atoms with van der Waals surface area (Å²) in [5.74, 6) is 0.597. The fourth-order valence-electron chi connectivity index (χ4n) is 1.87. The molecule has 0 radical (unpaired) electrons. The van der Waals surface area contributed by atoms with Crippen molar-refractivity contribution in [3.8, 4) is 0 Å². The second-order valence-corrected chi connectivity index (χ2v) is 4.65. The third kappa shape index (κ3) is 2.04. The molecule has 3 rings (SSSR count). The van der Waals surface area contributed by atoms with Crippen LogP contribution in [0.4, 0.5) is 0 Å². The van der Waals surface area contributed by atoms with E-state index < -0.39 is 0 Å². The van der Waals surface area contributed by atoms with E-state index in [0.717, 1.165) is 11.0 Å². The summed E-state index contributed by atoms with van der Waals surface area (Å²) in [4.78, 5) is 7.11. The number of fused-ring (bicyclic) bond motifs is 1. The number of hydrogen-bond acceptors (Lipinski definition) is 4. The van der Waals surface area contributed by atoms with E-state index in [1.54, 1.807) is 0 Å². The van der Waals surface area contributed by atoms with E-state index in [1.165, 1.54) is 6.33 Å². The molecule has 0 fully saturated rings. The zero-order valence-electron chi connectivity index (χ0n) is 9.26. The number of rotatable bonds is 3. The monoisotopic (exact) mass is 280 g/mol. The quantitative estimate of drug-likeness (QED) is 0.749. The Balaban J connectivity index is 1.96. The van der Waals surface area contributed by atoms with Crippen LogP contribution in [0.2, 0.25) is 5.02 Å². The van der Waals surface area contributed by atoms with Crippen LogP contribution >= 0.6 is 23.8 Å². The largest absolute Gasteiger partial charge is 0.340 e. The van der Waals surface area contributed by atoms with E-state index in [1.807, 2.05) is 22.8 Å². The van der Waals surface area contributed by atoms with Gasteiger partial charge in [-0.2, -0.15) is 4.98 Å². The average Bonchev–Trinajstić information content (AvgIpc) is 2.93. The number of imidazole rings is 1. The van der Waals surface area contributed by atoms with Gasteiger partial charge >= 0.3 is 0 Å². The molecule has 0 saturated heterocycles. The van der Waals surface area contributed by atoms with Crippen molar-refractivity contribution in [2.24, 2.45) is 0 Å². The smallest absolute Gasteiger partial charge is 0.228 e. The molecule has 2 aromatic heterocycles. The van der Waals surface area contributed by atoms with Gasteiger partial charge in [-0.05, 0) is 30.4 Å². The molecule has 0 atom stereocenters. The number of nitrogens with one attached hydrogen (secondary N) is 1. The summed E-state index contributed by atoms with van der Waals surface area (Å²) in [6, 6.07) is 5.64. The number of benzene rings is 1. The zero-order chi connectivity index (χ0) is 12.5. The molecule has 0 amide bonds. The molecular weight excluding hydrogens is 272 g/mol. The summed E-state index contributed by atoms with van der Waals surface area (Å²) >= 11 is 11.2. The van der Waals surface area contributed by atoms with Crippen molar-refractivity contribution in [3.05, 3.63) is 40.2 Å². The number of aromatic amines is 1. The van der Waals surface area contributed by atoms with Crippen LogP contribution in [0.5, 0.6) is 0 Å². The molecule has 18 heavy (non-hydrogen) atoms. The van der Waals surface area contributed by atoms with Crippen LogP contribution in [0.1, 0.15) is 5.89 Å². The first-order valence-corrected chi connectivity index (χ1v) is 6.16. The molecular formula is C11H9ClN4OS. The van der Waals surface area contributed by atoms with Gasteiger partial charge in [0, 0.05) is 18.0 Å². The summed E-state index contributed by atoms with van der Waals surface area (Å²) in [5, 5.41) is 4.25. The van der Waals surface area contributed by atoms with Gasteiger partial charge in [0.2, 0.25) is 5.89 Å². The van der Waals surface area contributed by atoms with Crippen LogP contribution in [-0.4, -0.2) is 19.7 Å². The van der Waals surface area contributed by atoms with Crippen molar-refractivity contribution in [1.82, 2.24) is 19.7 Å². The third-order valence-electron chi connectivity index (χ3n) is 2.69. The Morgan fingerprint density at radius 2 is 2.33 bits per heavy atom. The third-order valence-corrected chi connectivity index (χ3v) is 3.25. The Morgan fingerprint density at radius 1 is 1.44 bits per heavy atom. The fourth-order valence-corrected chi connectivity index (χ4v) is 2.34. The summed E-state index contributed by atoms with van der Waals surface area (Å²) < 4.78 is 7.61. The van der Waals surface area contributed by atoms with Gasteiger partial charge in [0.15, 0.2) is 11.1 Å². The van der Waals surface area contributed by atoms with Crippen molar-refractivity contribution in [2.45, 2.75) is 13.0 Å². The van der Waals surface area contributed by atoms with E-state index in [2.05, 4.69) is 15.1 Å². The average molecular weight is 281 g/mol. The van der Waals surface area contributed by atoms with Crippen LogP contribution in [0.15, 0.2) is 29.0 Å². The van der Waals surface area contributed by atoms with Gasteiger partial charge < -0.3 is 14.1 Å². The van der Waals surface area contributed by atoms with E-state index >= 15 is 0 Å². The number of hydrogen-bond donors (Lipinski definition) is 1. The lowest BCUT2D eigenvalue weighted by atomic mass is 10.3. The number of H-pyrrole nitrogens is 1. The van der Waals surface area contributed by atoms with Crippen molar-refractivity contribution < 1.29 is 4.52 Å². The highest BCUT2D eigenvalue weighted by atomic mass is 35.5. The first-order valence-electron chi connectivity index (χ1n) is 5.37. The minimum Gasteiger partial charge on any atom is -0.340 e. The number of halogens is 1. The fraction of sp³-hybridized carbons (Fsp3) is 0.182. The molecule has 92 valence electrons. The van der Waals surface area contributed by atoms with E-state index in [4.69, 9.17) is 28.3 Å². The standard InChI is InChI=1S/C11H9ClN4OS/c12-7-1-2-9-8(5-7)15-11(18)16(9)4-3-10-13-6-14-17-10/h1-2,5-6H,3-4H2,(H,15,18). The van der Waals surface area contributed by atoms with Crippen LogP contribution < -0.4 is 0 Å².